The molecule has 1 aromatic rings. The van der Waals surface area contributed by atoms with Crippen LogP contribution in [-0.2, 0) is 0 Å². The van der Waals surface area contributed by atoms with E-state index in [2.05, 4.69) is 17.2 Å². The molecule has 21 heavy (non-hydrogen) atoms. The molecular formula is C16H23N3OS. The molecular weight excluding hydrogens is 282 g/mol. The van der Waals surface area contributed by atoms with Gasteiger partial charge in [-0.25, -0.2) is 9.78 Å². The highest BCUT2D eigenvalue weighted by Crippen LogP contribution is 2.43. The Kier molecular flexibility index (Phi) is 3.40. The SMILES string of the molecule is Cc1cnc(C(NC(=O)N2CC3CCCC3C2)C2CC2)s1. The van der Waals surface area contributed by atoms with E-state index in [-0.39, 0.29) is 12.1 Å². The van der Waals surface area contributed by atoms with Crippen molar-refractivity contribution in [2.24, 2.45) is 17.8 Å². The number of aromatic nitrogens is 1. The molecule has 0 spiro atoms. The molecule has 3 aliphatic rings. The average Bonchev–Trinajstić information content (AvgIpc) is 2.85. The van der Waals surface area contributed by atoms with Crippen LogP contribution in [0.15, 0.2) is 6.20 Å². The minimum Gasteiger partial charge on any atom is -0.328 e. The van der Waals surface area contributed by atoms with Crippen LogP contribution in [0.3, 0.4) is 0 Å². The molecule has 114 valence electrons. The number of rotatable bonds is 3. The highest BCUT2D eigenvalue weighted by atomic mass is 32.1. The van der Waals surface area contributed by atoms with Gasteiger partial charge in [0.25, 0.3) is 0 Å². The summed E-state index contributed by atoms with van der Waals surface area (Å²) in [5.74, 6) is 2.12. The molecule has 3 fully saturated rings. The number of carbonyl (C=O) groups excluding carboxylic acids is 1. The Morgan fingerprint density at radius 2 is 2.05 bits per heavy atom. The van der Waals surface area contributed by atoms with Crippen molar-refractivity contribution in [1.29, 1.82) is 0 Å². The lowest BCUT2D eigenvalue weighted by molar-refractivity contribution is 0.199. The van der Waals surface area contributed by atoms with Crippen molar-refractivity contribution in [3.63, 3.8) is 0 Å². The van der Waals surface area contributed by atoms with Crippen LogP contribution in [-0.4, -0.2) is 29.0 Å². The molecule has 0 bridgehead atoms. The maximum Gasteiger partial charge on any atom is 0.317 e. The Balaban J connectivity index is 1.42. The Bertz CT molecular complexity index is 527. The van der Waals surface area contributed by atoms with Crippen molar-refractivity contribution in [3.8, 4) is 0 Å². The van der Waals surface area contributed by atoms with Gasteiger partial charge >= 0.3 is 6.03 Å². The molecule has 1 aromatic heterocycles. The number of fused-ring (bicyclic) bond motifs is 1. The molecule has 2 aliphatic carbocycles. The second-order valence-electron chi connectivity index (χ2n) is 6.93. The van der Waals surface area contributed by atoms with Crippen LogP contribution < -0.4 is 5.32 Å². The quantitative estimate of drug-likeness (QED) is 0.931. The van der Waals surface area contributed by atoms with Crippen molar-refractivity contribution in [2.75, 3.05) is 13.1 Å². The van der Waals surface area contributed by atoms with Gasteiger partial charge in [0, 0.05) is 24.2 Å². The highest BCUT2D eigenvalue weighted by molar-refractivity contribution is 7.11. The summed E-state index contributed by atoms with van der Waals surface area (Å²) in [5.41, 5.74) is 0. The molecule has 3 atom stereocenters. The first-order valence-corrected chi connectivity index (χ1v) is 9.00. The highest BCUT2D eigenvalue weighted by Gasteiger charge is 2.40. The summed E-state index contributed by atoms with van der Waals surface area (Å²) >= 11 is 1.72. The van der Waals surface area contributed by atoms with Gasteiger partial charge in [0.2, 0.25) is 0 Å². The fourth-order valence-corrected chi connectivity index (χ4v) is 4.87. The number of nitrogens with one attached hydrogen (secondary N) is 1. The summed E-state index contributed by atoms with van der Waals surface area (Å²) in [5, 5.41) is 4.36. The zero-order chi connectivity index (χ0) is 14.4. The maximum atomic E-state index is 12.6. The van der Waals surface area contributed by atoms with Crippen LogP contribution in [0.1, 0.15) is 48.0 Å². The predicted molar refractivity (Wildman–Crippen MR) is 83.3 cm³/mol. The number of likely N-dealkylation sites (tertiary alicyclic amines) is 1. The van der Waals surface area contributed by atoms with Crippen LogP contribution >= 0.6 is 11.3 Å². The standard InChI is InChI=1S/C16H23N3OS/c1-10-7-17-15(21-10)14(11-5-6-11)18-16(20)19-8-12-3-2-4-13(12)9-19/h7,11-14H,2-6,8-9H2,1H3,(H,18,20). The number of hydrogen-bond donors (Lipinski definition) is 1. The second kappa shape index (κ2) is 5.27. The first kappa shape index (κ1) is 13.6. The molecule has 4 rings (SSSR count). The lowest BCUT2D eigenvalue weighted by atomic mass is 10.0. The summed E-state index contributed by atoms with van der Waals surface area (Å²) < 4.78 is 0. The fourth-order valence-electron chi connectivity index (χ4n) is 3.95. The van der Waals surface area contributed by atoms with E-state index in [4.69, 9.17) is 0 Å². The smallest absolute Gasteiger partial charge is 0.317 e. The zero-order valence-electron chi connectivity index (χ0n) is 12.5. The predicted octanol–water partition coefficient (Wildman–Crippen LogP) is 3.34. The first-order chi connectivity index (χ1) is 10.2. The summed E-state index contributed by atoms with van der Waals surface area (Å²) in [7, 11) is 0. The fraction of sp³-hybridized carbons (Fsp3) is 0.750. The molecule has 2 heterocycles. The molecule has 3 unspecified atom stereocenters. The number of hydrogen-bond acceptors (Lipinski definition) is 3. The molecule has 5 heteroatoms. The Labute approximate surface area is 129 Å². The van der Waals surface area contributed by atoms with Gasteiger partial charge in [0.15, 0.2) is 0 Å². The number of aryl methyl sites for hydroxylation is 1. The van der Waals surface area contributed by atoms with E-state index in [1.54, 1.807) is 11.3 Å². The van der Waals surface area contributed by atoms with E-state index in [1.807, 2.05) is 11.1 Å². The van der Waals surface area contributed by atoms with Crippen molar-refractivity contribution in [2.45, 2.75) is 45.1 Å². The van der Waals surface area contributed by atoms with E-state index >= 15 is 0 Å². The number of thiazole rings is 1. The third-order valence-corrected chi connectivity index (χ3v) is 6.29. The van der Waals surface area contributed by atoms with E-state index in [0.29, 0.717) is 5.92 Å². The van der Waals surface area contributed by atoms with Crippen molar-refractivity contribution in [3.05, 3.63) is 16.1 Å². The lowest BCUT2D eigenvalue weighted by Gasteiger charge is -2.22. The minimum atomic E-state index is 0.133. The average molecular weight is 305 g/mol. The molecule has 2 saturated carbocycles. The monoisotopic (exact) mass is 305 g/mol. The van der Waals surface area contributed by atoms with Crippen molar-refractivity contribution >= 4 is 17.4 Å². The van der Waals surface area contributed by atoms with Gasteiger partial charge in [-0.15, -0.1) is 11.3 Å². The van der Waals surface area contributed by atoms with Gasteiger partial charge < -0.3 is 10.2 Å². The summed E-state index contributed by atoms with van der Waals surface area (Å²) in [6.45, 7) is 4.00. The number of nitrogens with zero attached hydrogens (tertiary/aromatic N) is 2. The van der Waals surface area contributed by atoms with Gasteiger partial charge in [0.1, 0.15) is 5.01 Å². The first-order valence-electron chi connectivity index (χ1n) is 8.18. The normalized spacial score (nSPS) is 29.5. The van der Waals surface area contributed by atoms with E-state index in [0.717, 1.165) is 29.9 Å². The number of carbonyl (C=O) groups is 1. The van der Waals surface area contributed by atoms with Crippen LogP contribution in [0.5, 0.6) is 0 Å². The molecule has 4 nitrogen and oxygen atoms in total. The maximum absolute atomic E-state index is 12.6. The molecule has 1 aliphatic heterocycles. The second-order valence-corrected chi connectivity index (χ2v) is 8.20. The van der Waals surface area contributed by atoms with Gasteiger partial charge in [-0.05, 0) is 50.4 Å². The van der Waals surface area contributed by atoms with Crippen LogP contribution in [0, 0.1) is 24.7 Å². The largest absolute Gasteiger partial charge is 0.328 e. The Hall–Kier alpha value is -1.10. The van der Waals surface area contributed by atoms with Crippen molar-refractivity contribution in [1.82, 2.24) is 15.2 Å². The van der Waals surface area contributed by atoms with Gasteiger partial charge in [-0.2, -0.15) is 0 Å². The topological polar surface area (TPSA) is 45.2 Å². The van der Waals surface area contributed by atoms with E-state index in [1.165, 1.54) is 37.0 Å². The van der Waals surface area contributed by atoms with E-state index in [9.17, 15) is 4.79 Å². The van der Waals surface area contributed by atoms with Crippen LogP contribution in [0.2, 0.25) is 0 Å². The molecule has 0 radical (unpaired) electrons. The zero-order valence-corrected chi connectivity index (χ0v) is 13.4. The van der Waals surface area contributed by atoms with Crippen molar-refractivity contribution < 1.29 is 4.79 Å². The third kappa shape index (κ3) is 2.68. The molecule has 1 saturated heterocycles. The minimum absolute atomic E-state index is 0.133. The molecule has 1 N–H and O–H groups in total. The third-order valence-electron chi connectivity index (χ3n) is 5.29. The Morgan fingerprint density at radius 3 is 2.62 bits per heavy atom. The lowest BCUT2D eigenvalue weighted by Crippen LogP contribution is -2.41. The van der Waals surface area contributed by atoms with Gasteiger partial charge in [-0.3, -0.25) is 0 Å². The number of urea groups is 1. The number of amides is 2. The summed E-state index contributed by atoms with van der Waals surface area (Å²) in [4.78, 5) is 20.4. The molecule has 2 amide bonds. The molecule has 0 aromatic carbocycles. The van der Waals surface area contributed by atoms with Crippen LogP contribution in [0.25, 0.3) is 0 Å². The summed E-state index contributed by atoms with van der Waals surface area (Å²) in [6.07, 6.45) is 8.33. The summed E-state index contributed by atoms with van der Waals surface area (Å²) in [6, 6.07) is 0.269. The van der Waals surface area contributed by atoms with E-state index < -0.39 is 0 Å². The van der Waals surface area contributed by atoms with Crippen LogP contribution in [0.4, 0.5) is 4.79 Å². The Morgan fingerprint density at radius 1 is 1.33 bits per heavy atom. The van der Waals surface area contributed by atoms with Gasteiger partial charge in [0.05, 0.1) is 6.04 Å². The van der Waals surface area contributed by atoms with Gasteiger partial charge in [-0.1, -0.05) is 6.42 Å².